The van der Waals surface area contributed by atoms with Crippen molar-refractivity contribution in [1.29, 1.82) is 0 Å². The standard InChI is InChI=1S/C6H8O7.IO3.H2I.HI.3Na.H2O/c7-3(8)1-6(13,5(11)12)2-4(9)10;2-1(3)4;;;;;;/h13H,1-2H2,(H,7,8)(H,9,10)(H,11,12);;1H2;1H;;;;1H2/q;-1;+1;;3*+1;/p-3. The number of carbonyl (C=O) groups is 3. The molecule has 0 rings (SSSR count). The number of halogens is 3. The Labute approximate surface area is 240 Å². The number of rotatable bonds is 5. The van der Waals surface area contributed by atoms with E-state index in [1.807, 2.05) is 0 Å². The van der Waals surface area contributed by atoms with Crippen LogP contribution in [0.2, 0.25) is 0 Å². The Kier molecular flexibility index (Phi) is 60.4. The summed E-state index contributed by atoms with van der Waals surface area (Å²) in [6.07, 6.45) is -2.41. The van der Waals surface area contributed by atoms with Gasteiger partial charge in [0, 0.05) is 0 Å². The predicted molar refractivity (Wildman–Crippen MR) is 39.2 cm³/mol. The SMILES string of the molecule is O=C(O)CC(O)(CC(=O)O)C(=O)[O-].[I-].[IH2+].[Na+].[Na+].[Na+].[O-][I+2]([O-])[O-].[OH-]. The van der Waals surface area contributed by atoms with Crippen molar-refractivity contribution in [2.45, 2.75) is 18.4 Å². The van der Waals surface area contributed by atoms with Crippen LogP contribution in [0, 0.1) is 0 Å². The van der Waals surface area contributed by atoms with Crippen LogP contribution in [-0.4, -0.2) is 44.3 Å². The molecule has 0 amide bonds. The van der Waals surface area contributed by atoms with Gasteiger partial charge in [0.15, 0.2) is 0 Å². The van der Waals surface area contributed by atoms with Crippen LogP contribution in [-0.2, 0) is 14.4 Å². The van der Waals surface area contributed by atoms with Crippen molar-refractivity contribution in [2.75, 3.05) is 0 Å². The number of carboxylic acids is 3. The smallest absolute Gasteiger partial charge is 1.00 e. The number of carboxylic acid groups (broad SMARTS) is 3. The molecule has 0 bridgehead atoms. The average Bonchev–Trinajstić information content (AvgIpc) is 1.98. The number of aliphatic carboxylic acids is 3. The summed E-state index contributed by atoms with van der Waals surface area (Å²) in [5, 5.41) is 35.5. The van der Waals surface area contributed by atoms with Crippen LogP contribution in [0.25, 0.3) is 0 Å². The summed E-state index contributed by atoms with van der Waals surface area (Å²) in [5.74, 6) is -5.35. The van der Waals surface area contributed by atoms with Gasteiger partial charge in [-0.3, -0.25) is 9.59 Å². The van der Waals surface area contributed by atoms with Gasteiger partial charge >= 0.3 is 101 Å². The molecule has 0 aromatic rings. The van der Waals surface area contributed by atoms with Crippen LogP contribution in [0.5, 0.6) is 0 Å². The molecule has 0 saturated heterocycles. The van der Waals surface area contributed by atoms with Gasteiger partial charge in [-0.25, -0.2) is 0 Å². The van der Waals surface area contributed by atoms with E-state index in [-0.39, 0.29) is 142 Å². The summed E-state index contributed by atoms with van der Waals surface area (Å²) in [4.78, 5) is 30.3. The van der Waals surface area contributed by atoms with Crippen molar-refractivity contribution in [3.8, 4) is 0 Å². The molecule has 0 aromatic carbocycles. The Morgan fingerprint density at radius 2 is 1.09 bits per heavy atom. The topological polar surface area (TPSA) is 234 Å². The molecule has 0 aliphatic rings. The molecule has 17 heteroatoms. The number of aliphatic hydroxyl groups is 1. The first-order valence-electron chi connectivity index (χ1n) is 3.61. The van der Waals surface area contributed by atoms with Crippen LogP contribution in [0.4, 0.5) is 0 Å². The third kappa shape index (κ3) is 37.0. The second kappa shape index (κ2) is 27.6. The van der Waals surface area contributed by atoms with E-state index < -0.39 is 57.4 Å². The van der Waals surface area contributed by atoms with E-state index in [4.69, 9.17) is 25.6 Å². The number of hydrogen-bond donors (Lipinski definition) is 3. The Bertz CT molecular complexity index is 288. The monoisotopic (exact) mass is 708 g/mol. The molecule has 0 spiro atoms. The molecule has 0 heterocycles. The van der Waals surface area contributed by atoms with Crippen molar-refractivity contribution < 1.29 is 208 Å². The molecule has 23 heavy (non-hydrogen) atoms. The van der Waals surface area contributed by atoms with Crippen molar-refractivity contribution in [3.63, 3.8) is 0 Å². The fourth-order valence-electron chi connectivity index (χ4n) is 0.707. The van der Waals surface area contributed by atoms with Crippen LogP contribution in [0.1, 0.15) is 12.8 Å². The Balaban J connectivity index is -0.0000000339. The zero-order valence-electron chi connectivity index (χ0n) is 12.3. The first-order valence-corrected chi connectivity index (χ1v) is 6.26. The van der Waals surface area contributed by atoms with Gasteiger partial charge in [0.05, 0.1) is 18.8 Å². The molecule has 0 aliphatic carbocycles. The molecule has 0 atom stereocenters. The number of hydrogen-bond acceptors (Lipinski definition) is 9. The molecule has 124 valence electrons. The normalized spacial score (nSPS) is 7.70. The Hall–Kier alpha value is 3.40. The van der Waals surface area contributed by atoms with Crippen LogP contribution in [0.3, 0.4) is 0 Å². The van der Waals surface area contributed by atoms with Gasteiger partial charge in [-0.05, 0) is 0 Å². The zero-order chi connectivity index (χ0) is 14.2. The fourth-order valence-corrected chi connectivity index (χ4v) is 0.707. The van der Waals surface area contributed by atoms with Crippen LogP contribution < -0.4 is 173 Å². The summed E-state index contributed by atoms with van der Waals surface area (Å²) >= 11 is -4.01. The summed E-state index contributed by atoms with van der Waals surface area (Å²) in [6.45, 7) is 0. The van der Waals surface area contributed by atoms with Gasteiger partial charge in [-0.1, -0.05) is 0 Å². The van der Waals surface area contributed by atoms with Gasteiger partial charge in [0.25, 0.3) is 21.1 Å². The summed E-state index contributed by atoms with van der Waals surface area (Å²) in [6, 6.07) is 0. The van der Waals surface area contributed by atoms with Gasteiger partial charge in [-0.15, -0.1) is 0 Å². The van der Waals surface area contributed by atoms with E-state index in [2.05, 4.69) is 0 Å². The van der Waals surface area contributed by atoms with Crippen molar-refractivity contribution in [1.82, 2.24) is 0 Å². The van der Waals surface area contributed by atoms with Crippen molar-refractivity contribution in [3.05, 3.63) is 0 Å². The van der Waals surface area contributed by atoms with Gasteiger partial charge < -0.3 is 65.0 Å². The molecule has 4 N–H and O–H groups in total. The second-order valence-corrected chi connectivity index (χ2v) is 3.73. The molecule has 11 nitrogen and oxygen atoms in total. The first-order chi connectivity index (χ1) is 7.51. The van der Waals surface area contributed by atoms with E-state index in [9.17, 15) is 19.5 Å². The molecule has 0 aliphatic heterocycles. The molecule has 0 saturated carbocycles. The van der Waals surface area contributed by atoms with Crippen LogP contribution >= 0.6 is 0 Å². The summed E-state index contributed by atoms with van der Waals surface area (Å²) in [5.41, 5.74) is -2.85. The average molecular weight is 708 g/mol. The minimum absolute atomic E-state index is 0. The fraction of sp³-hybridized carbons (Fsp3) is 0.500. The van der Waals surface area contributed by atoms with Gasteiger partial charge in [0.2, 0.25) is 24.0 Å². The van der Waals surface area contributed by atoms with E-state index in [1.165, 1.54) is 0 Å². The maximum absolute atomic E-state index is 10.2. The molecule has 0 unspecified atom stereocenters. The minimum atomic E-state index is -4.01. The molecular weight excluding hydrogens is 698 g/mol. The molecule has 0 radical (unpaired) electrons. The predicted octanol–water partition coefficient (Wildman–Crippen LogP) is -24.8. The van der Waals surface area contributed by atoms with Crippen molar-refractivity contribution in [2.24, 2.45) is 0 Å². The van der Waals surface area contributed by atoms with Crippen molar-refractivity contribution >= 4 is 17.9 Å². The van der Waals surface area contributed by atoms with E-state index in [0.717, 1.165) is 0 Å². The Morgan fingerprint density at radius 1 is 0.913 bits per heavy atom. The molecular formula is C6H10I3Na3O11. The third-order valence-electron chi connectivity index (χ3n) is 1.27. The summed E-state index contributed by atoms with van der Waals surface area (Å²) in [7, 11) is 0. The first kappa shape index (κ1) is 50.3. The number of carbonyl (C=O) groups excluding carboxylic acids is 1. The van der Waals surface area contributed by atoms with Gasteiger partial charge in [-0.2, -0.15) is 0 Å². The van der Waals surface area contributed by atoms with E-state index in [1.54, 1.807) is 0 Å². The largest absolute Gasteiger partial charge is 1.00 e. The van der Waals surface area contributed by atoms with Crippen LogP contribution in [0.15, 0.2) is 0 Å². The Morgan fingerprint density at radius 3 is 1.17 bits per heavy atom. The molecule has 0 fully saturated rings. The minimum Gasteiger partial charge on any atom is -1.00 e. The maximum atomic E-state index is 10.2. The second-order valence-electron chi connectivity index (χ2n) is 2.65. The van der Waals surface area contributed by atoms with Gasteiger partial charge in [0.1, 0.15) is 5.60 Å². The van der Waals surface area contributed by atoms with E-state index >= 15 is 0 Å². The quantitative estimate of drug-likeness (QED) is 0.179. The maximum Gasteiger partial charge on any atom is 1.00 e. The third-order valence-corrected chi connectivity index (χ3v) is 1.27. The molecule has 0 aromatic heterocycles. The summed E-state index contributed by atoms with van der Waals surface area (Å²) < 4.78 is 25.7. The van der Waals surface area contributed by atoms with E-state index in [0.29, 0.717) is 0 Å². The zero-order valence-corrected chi connectivity index (χ0v) is 25.1.